The van der Waals surface area contributed by atoms with Crippen LogP contribution in [0.25, 0.3) is 5.69 Å². The highest BCUT2D eigenvalue weighted by molar-refractivity contribution is 7.80. The van der Waals surface area contributed by atoms with Gasteiger partial charge in [-0.1, -0.05) is 6.07 Å². The Balaban J connectivity index is 1.53. The minimum atomic E-state index is -0.331. The summed E-state index contributed by atoms with van der Waals surface area (Å²) in [5.41, 5.74) is 7.12. The van der Waals surface area contributed by atoms with E-state index in [1.54, 1.807) is 37.4 Å². The normalized spacial score (nSPS) is 10.0. The number of hydrogen-bond acceptors (Lipinski definition) is 6. The minimum absolute atomic E-state index is 0.247. The maximum atomic E-state index is 12.2. The molecule has 1 heterocycles. The first-order chi connectivity index (χ1) is 12.7. The number of anilines is 1. The number of hydrogen-bond donors (Lipinski definition) is 3. The van der Waals surface area contributed by atoms with Crippen molar-refractivity contribution in [2.45, 2.75) is 0 Å². The fraction of sp³-hybridized carbons (Fsp3) is 0.0625. The van der Waals surface area contributed by atoms with Crippen LogP contribution in [0.3, 0.4) is 0 Å². The summed E-state index contributed by atoms with van der Waals surface area (Å²) in [6.45, 7) is 0. The van der Waals surface area contributed by atoms with Crippen LogP contribution in [0.2, 0.25) is 0 Å². The van der Waals surface area contributed by atoms with E-state index in [-0.39, 0.29) is 11.0 Å². The predicted octanol–water partition coefficient (Wildman–Crippen LogP) is 1.30. The molecule has 0 bridgehead atoms. The highest BCUT2D eigenvalue weighted by atomic mass is 32.1. The number of thiocarbonyl (C=S) groups is 1. The van der Waals surface area contributed by atoms with E-state index < -0.39 is 0 Å². The Morgan fingerprint density at radius 1 is 1.15 bits per heavy atom. The van der Waals surface area contributed by atoms with E-state index in [4.69, 9.17) is 17.0 Å². The van der Waals surface area contributed by atoms with E-state index in [9.17, 15) is 4.79 Å². The molecule has 0 saturated carbocycles. The number of methoxy groups -OCH3 is 1. The Hall–Kier alpha value is -3.53. The number of rotatable bonds is 4. The molecule has 0 fully saturated rings. The van der Waals surface area contributed by atoms with Crippen LogP contribution in [-0.2, 0) is 0 Å². The Bertz CT molecular complexity index is 897. The van der Waals surface area contributed by atoms with Crippen LogP contribution in [0.5, 0.6) is 5.75 Å². The molecular weight excluding hydrogens is 354 g/mol. The summed E-state index contributed by atoms with van der Waals surface area (Å²) in [6, 6.07) is 14.1. The second-order valence-corrected chi connectivity index (χ2v) is 5.47. The quantitative estimate of drug-likeness (QED) is 0.467. The lowest BCUT2D eigenvalue weighted by atomic mass is 10.2. The Morgan fingerprint density at radius 2 is 1.96 bits per heavy atom. The van der Waals surface area contributed by atoms with E-state index in [0.717, 1.165) is 11.4 Å². The van der Waals surface area contributed by atoms with Crippen LogP contribution in [0.15, 0.2) is 54.9 Å². The summed E-state index contributed by atoms with van der Waals surface area (Å²) in [4.78, 5) is 12.2. The lowest BCUT2D eigenvalue weighted by molar-refractivity contribution is 0.0944. The molecule has 2 aromatic carbocycles. The number of nitrogens with one attached hydrogen (secondary N) is 3. The van der Waals surface area contributed by atoms with Crippen molar-refractivity contribution in [3.05, 3.63) is 60.4 Å². The predicted molar refractivity (Wildman–Crippen MR) is 99.0 cm³/mol. The first-order valence-electron chi connectivity index (χ1n) is 7.50. The van der Waals surface area contributed by atoms with Crippen LogP contribution in [0, 0.1) is 0 Å². The lowest BCUT2D eigenvalue weighted by Crippen LogP contribution is -2.43. The lowest BCUT2D eigenvalue weighted by Gasteiger charge is -2.12. The Morgan fingerprint density at radius 3 is 2.65 bits per heavy atom. The molecular formula is C16H15N7O2S. The maximum Gasteiger partial charge on any atom is 0.269 e. The van der Waals surface area contributed by atoms with Gasteiger partial charge in [-0.15, -0.1) is 5.10 Å². The molecule has 0 saturated heterocycles. The van der Waals surface area contributed by atoms with Crippen LogP contribution >= 0.6 is 12.2 Å². The molecule has 0 aliphatic heterocycles. The fourth-order valence-corrected chi connectivity index (χ4v) is 2.26. The van der Waals surface area contributed by atoms with Gasteiger partial charge in [-0.3, -0.25) is 15.6 Å². The molecule has 26 heavy (non-hydrogen) atoms. The van der Waals surface area contributed by atoms with E-state index in [0.29, 0.717) is 11.3 Å². The van der Waals surface area contributed by atoms with E-state index in [1.165, 1.54) is 11.0 Å². The van der Waals surface area contributed by atoms with Crippen molar-refractivity contribution in [1.82, 2.24) is 31.1 Å². The average Bonchev–Trinajstić information content (AvgIpc) is 3.21. The third-order valence-corrected chi connectivity index (χ3v) is 3.56. The molecule has 132 valence electrons. The minimum Gasteiger partial charge on any atom is -0.497 e. The number of carbonyl (C=O) groups is 1. The van der Waals surface area contributed by atoms with Crippen molar-refractivity contribution in [3.8, 4) is 11.4 Å². The molecule has 0 radical (unpaired) electrons. The van der Waals surface area contributed by atoms with Gasteiger partial charge in [-0.05, 0) is 59.0 Å². The topological polar surface area (TPSA) is 106 Å². The first-order valence-corrected chi connectivity index (χ1v) is 7.91. The highest BCUT2D eigenvalue weighted by Gasteiger charge is 2.07. The molecule has 3 N–H and O–H groups in total. The van der Waals surface area contributed by atoms with Gasteiger partial charge in [0.05, 0.1) is 12.8 Å². The van der Waals surface area contributed by atoms with Crippen LogP contribution in [-0.4, -0.2) is 38.3 Å². The summed E-state index contributed by atoms with van der Waals surface area (Å²) >= 11 is 5.16. The molecule has 0 atom stereocenters. The van der Waals surface area contributed by atoms with Crippen molar-refractivity contribution < 1.29 is 9.53 Å². The number of tetrazole rings is 1. The second kappa shape index (κ2) is 8.03. The summed E-state index contributed by atoms with van der Waals surface area (Å²) in [6.07, 6.45) is 1.47. The number of ether oxygens (including phenoxy) is 1. The maximum absolute atomic E-state index is 12.2. The van der Waals surface area contributed by atoms with Crippen molar-refractivity contribution in [1.29, 1.82) is 0 Å². The molecule has 0 aliphatic rings. The summed E-state index contributed by atoms with van der Waals surface area (Å²) in [5, 5.41) is 14.1. The van der Waals surface area contributed by atoms with Gasteiger partial charge in [0, 0.05) is 17.3 Å². The Kier molecular flexibility index (Phi) is 5.34. The van der Waals surface area contributed by atoms with Crippen molar-refractivity contribution in [2.24, 2.45) is 0 Å². The molecule has 10 heteroatoms. The van der Waals surface area contributed by atoms with Crippen LogP contribution in [0.4, 0.5) is 5.69 Å². The molecule has 3 aromatic rings. The van der Waals surface area contributed by atoms with Crippen LogP contribution < -0.4 is 20.9 Å². The summed E-state index contributed by atoms with van der Waals surface area (Å²) < 4.78 is 6.63. The molecule has 1 amide bonds. The number of amides is 1. The van der Waals surface area contributed by atoms with Gasteiger partial charge in [0.2, 0.25) is 0 Å². The fourth-order valence-electron chi connectivity index (χ4n) is 2.09. The Labute approximate surface area is 154 Å². The zero-order valence-corrected chi connectivity index (χ0v) is 14.5. The van der Waals surface area contributed by atoms with Gasteiger partial charge >= 0.3 is 0 Å². The average molecular weight is 369 g/mol. The molecule has 1 aromatic heterocycles. The number of carbonyl (C=O) groups excluding carboxylic acids is 1. The smallest absolute Gasteiger partial charge is 0.269 e. The van der Waals surface area contributed by atoms with E-state index >= 15 is 0 Å². The summed E-state index contributed by atoms with van der Waals surface area (Å²) in [7, 11) is 1.58. The van der Waals surface area contributed by atoms with Gasteiger partial charge in [0.1, 0.15) is 12.1 Å². The molecule has 9 nitrogen and oxygen atoms in total. The second-order valence-electron chi connectivity index (χ2n) is 5.07. The third kappa shape index (κ3) is 4.30. The molecule has 0 aliphatic carbocycles. The van der Waals surface area contributed by atoms with E-state index in [2.05, 4.69) is 31.7 Å². The van der Waals surface area contributed by atoms with Gasteiger partial charge in [0.15, 0.2) is 5.11 Å². The van der Waals surface area contributed by atoms with Crippen molar-refractivity contribution >= 4 is 28.9 Å². The van der Waals surface area contributed by atoms with Gasteiger partial charge in [0.25, 0.3) is 5.91 Å². The van der Waals surface area contributed by atoms with Gasteiger partial charge in [-0.25, -0.2) is 4.68 Å². The van der Waals surface area contributed by atoms with Crippen molar-refractivity contribution in [2.75, 3.05) is 12.4 Å². The van der Waals surface area contributed by atoms with Crippen molar-refractivity contribution in [3.63, 3.8) is 0 Å². The number of nitrogens with zero attached hydrogens (tertiary/aromatic N) is 4. The number of aromatic nitrogens is 4. The highest BCUT2D eigenvalue weighted by Crippen LogP contribution is 2.16. The zero-order chi connectivity index (χ0) is 18.4. The standard InChI is InChI=1S/C16H15N7O2S/c1-25-14-4-2-3-12(9-14)18-16(26)20-19-15(24)11-5-7-13(8-6-11)23-10-17-21-22-23/h2-10H,1H3,(H,19,24)(H2,18,20,26). The monoisotopic (exact) mass is 369 g/mol. The largest absolute Gasteiger partial charge is 0.497 e. The van der Waals surface area contributed by atoms with Gasteiger partial charge < -0.3 is 10.1 Å². The third-order valence-electron chi connectivity index (χ3n) is 3.36. The van der Waals surface area contributed by atoms with Crippen LogP contribution in [0.1, 0.15) is 10.4 Å². The molecule has 3 rings (SSSR count). The number of benzene rings is 2. The SMILES string of the molecule is COc1cccc(NC(=S)NNC(=O)c2ccc(-n3cnnn3)cc2)c1. The zero-order valence-electron chi connectivity index (χ0n) is 13.7. The summed E-state index contributed by atoms with van der Waals surface area (Å²) in [5.74, 6) is 0.368. The van der Waals surface area contributed by atoms with E-state index in [1.807, 2.05) is 18.2 Å². The first kappa shape index (κ1) is 17.3. The number of hydrazine groups is 1. The molecule has 0 unspecified atom stereocenters. The molecule has 0 spiro atoms. The van der Waals surface area contributed by atoms with Gasteiger partial charge in [-0.2, -0.15) is 0 Å².